The SMILES string of the molecule is COc1cc(/C=C(\C(=O)O)c2ccc(S(=O)(=O)N3CCCC3)s2)ccc1OCCC(C)C. The van der Waals surface area contributed by atoms with Crippen molar-refractivity contribution in [1.29, 1.82) is 0 Å². The zero-order chi connectivity index (χ0) is 23.3. The number of sulfonamides is 1. The number of rotatable bonds is 10. The molecule has 0 spiro atoms. The van der Waals surface area contributed by atoms with Crippen molar-refractivity contribution < 1.29 is 27.8 Å². The van der Waals surface area contributed by atoms with Crippen molar-refractivity contribution in [2.75, 3.05) is 26.8 Å². The molecule has 32 heavy (non-hydrogen) atoms. The number of ether oxygens (including phenoxy) is 2. The van der Waals surface area contributed by atoms with Crippen LogP contribution >= 0.6 is 11.3 Å². The summed E-state index contributed by atoms with van der Waals surface area (Å²) in [5, 5.41) is 9.78. The highest BCUT2D eigenvalue weighted by Gasteiger charge is 2.29. The predicted octanol–water partition coefficient (Wildman–Crippen LogP) is 4.59. The van der Waals surface area contributed by atoms with Crippen LogP contribution in [0.4, 0.5) is 0 Å². The molecule has 2 heterocycles. The molecule has 0 atom stereocenters. The van der Waals surface area contributed by atoms with Crippen molar-refractivity contribution >= 4 is 39.0 Å². The normalized spacial score (nSPS) is 15.3. The summed E-state index contributed by atoms with van der Waals surface area (Å²) in [7, 11) is -2.05. The molecule has 1 aliphatic heterocycles. The molecule has 0 unspecified atom stereocenters. The van der Waals surface area contributed by atoms with E-state index < -0.39 is 16.0 Å². The minimum Gasteiger partial charge on any atom is -0.493 e. The van der Waals surface area contributed by atoms with Gasteiger partial charge < -0.3 is 14.6 Å². The second-order valence-electron chi connectivity index (χ2n) is 8.03. The molecule has 7 nitrogen and oxygen atoms in total. The van der Waals surface area contributed by atoms with E-state index in [-0.39, 0.29) is 9.78 Å². The molecule has 0 aliphatic carbocycles. The Morgan fingerprint density at radius 3 is 2.53 bits per heavy atom. The summed E-state index contributed by atoms with van der Waals surface area (Å²) in [6.07, 6.45) is 4.11. The number of methoxy groups -OCH3 is 1. The fraction of sp³-hybridized carbons (Fsp3) is 0.435. The van der Waals surface area contributed by atoms with E-state index in [9.17, 15) is 18.3 Å². The van der Waals surface area contributed by atoms with E-state index >= 15 is 0 Å². The van der Waals surface area contributed by atoms with Gasteiger partial charge in [0, 0.05) is 18.0 Å². The molecule has 1 saturated heterocycles. The van der Waals surface area contributed by atoms with Crippen LogP contribution in [0.15, 0.2) is 34.5 Å². The van der Waals surface area contributed by atoms with Gasteiger partial charge in [-0.2, -0.15) is 4.31 Å². The molecule has 0 radical (unpaired) electrons. The first-order chi connectivity index (χ1) is 15.2. The lowest BCUT2D eigenvalue weighted by Gasteiger charge is -2.13. The van der Waals surface area contributed by atoms with Crippen molar-refractivity contribution in [2.24, 2.45) is 5.92 Å². The standard InChI is InChI=1S/C23H29NO6S2/c1-16(2)10-13-30-19-7-6-17(15-20(19)29-3)14-18(23(25)26)21-8-9-22(31-21)32(27,28)24-11-4-5-12-24/h6-9,14-16H,4-5,10-13H2,1-3H3,(H,25,26)/b18-14-. The van der Waals surface area contributed by atoms with Crippen LogP contribution in [0.25, 0.3) is 11.6 Å². The lowest BCUT2D eigenvalue weighted by molar-refractivity contribution is -0.130. The number of benzene rings is 1. The van der Waals surface area contributed by atoms with Gasteiger partial charge in [0.15, 0.2) is 11.5 Å². The number of carboxylic acid groups (broad SMARTS) is 1. The molecule has 1 aromatic heterocycles. The highest BCUT2D eigenvalue weighted by Crippen LogP contribution is 2.34. The van der Waals surface area contributed by atoms with E-state index in [1.807, 2.05) is 0 Å². The van der Waals surface area contributed by atoms with Crippen LogP contribution in [0.2, 0.25) is 0 Å². The summed E-state index contributed by atoms with van der Waals surface area (Å²) in [4.78, 5) is 12.3. The van der Waals surface area contributed by atoms with Crippen LogP contribution < -0.4 is 9.47 Å². The Morgan fingerprint density at radius 2 is 1.91 bits per heavy atom. The molecule has 9 heteroatoms. The van der Waals surface area contributed by atoms with Crippen LogP contribution in [-0.4, -0.2) is 50.6 Å². The van der Waals surface area contributed by atoms with E-state index in [2.05, 4.69) is 13.8 Å². The van der Waals surface area contributed by atoms with Crippen molar-refractivity contribution in [3.63, 3.8) is 0 Å². The Hall–Kier alpha value is -2.36. The number of carboxylic acids is 1. The van der Waals surface area contributed by atoms with E-state index in [4.69, 9.17) is 9.47 Å². The van der Waals surface area contributed by atoms with E-state index in [0.29, 0.717) is 47.6 Å². The van der Waals surface area contributed by atoms with Crippen LogP contribution in [-0.2, 0) is 14.8 Å². The fourth-order valence-corrected chi connectivity index (χ4v) is 6.35. The molecule has 174 valence electrons. The Kier molecular flexibility index (Phi) is 7.97. The highest BCUT2D eigenvalue weighted by molar-refractivity contribution is 7.91. The van der Waals surface area contributed by atoms with Crippen molar-refractivity contribution in [3.8, 4) is 11.5 Å². The van der Waals surface area contributed by atoms with Gasteiger partial charge in [-0.15, -0.1) is 11.3 Å². The van der Waals surface area contributed by atoms with Gasteiger partial charge in [0.25, 0.3) is 10.0 Å². The number of nitrogens with zero attached hydrogens (tertiary/aromatic N) is 1. The molecule has 2 aromatic rings. The third-order valence-electron chi connectivity index (χ3n) is 5.19. The maximum atomic E-state index is 12.8. The first kappa shape index (κ1) is 24.3. The molecule has 0 amide bonds. The topological polar surface area (TPSA) is 93.1 Å². The number of aliphatic carboxylic acids is 1. The van der Waals surface area contributed by atoms with Gasteiger partial charge >= 0.3 is 5.97 Å². The summed E-state index contributed by atoms with van der Waals surface area (Å²) >= 11 is 0.975. The van der Waals surface area contributed by atoms with E-state index in [1.54, 1.807) is 24.3 Å². The average molecular weight is 480 g/mol. The minimum atomic E-state index is -3.59. The van der Waals surface area contributed by atoms with Gasteiger partial charge in [0.2, 0.25) is 0 Å². The monoisotopic (exact) mass is 479 g/mol. The Bertz CT molecular complexity index is 1080. The van der Waals surface area contributed by atoms with Crippen LogP contribution in [0, 0.1) is 5.92 Å². The van der Waals surface area contributed by atoms with Crippen molar-refractivity contribution in [1.82, 2.24) is 4.31 Å². The quantitative estimate of drug-likeness (QED) is 0.501. The molecular weight excluding hydrogens is 450 g/mol. The number of hydrogen-bond acceptors (Lipinski definition) is 6. The van der Waals surface area contributed by atoms with Crippen LogP contribution in [0.1, 0.15) is 43.6 Å². The Balaban J connectivity index is 1.87. The molecule has 1 aromatic carbocycles. The second-order valence-corrected chi connectivity index (χ2v) is 11.3. The van der Waals surface area contributed by atoms with Gasteiger partial charge in [-0.1, -0.05) is 19.9 Å². The van der Waals surface area contributed by atoms with Crippen molar-refractivity contribution in [3.05, 3.63) is 40.8 Å². The number of hydrogen-bond donors (Lipinski definition) is 1. The number of thiophene rings is 1. The number of carbonyl (C=O) groups is 1. The maximum absolute atomic E-state index is 12.8. The van der Waals surface area contributed by atoms with Gasteiger partial charge in [-0.3, -0.25) is 0 Å². The predicted molar refractivity (Wildman–Crippen MR) is 126 cm³/mol. The fourth-order valence-electron chi connectivity index (χ4n) is 3.36. The molecule has 1 N–H and O–H groups in total. The lowest BCUT2D eigenvalue weighted by atomic mass is 10.1. The zero-order valence-electron chi connectivity index (χ0n) is 18.5. The Morgan fingerprint density at radius 1 is 1.19 bits per heavy atom. The maximum Gasteiger partial charge on any atom is 0.337 e. The largest absolute Gasteiger partial charge is 0.493 e. The van der Waals surface area contributed by atoms with Crippen LogP contribution in [0.3, 0.4) is 0 Å². The zero-order valence-corrected chi connectivity index (χ0v) is 20.2. The third-order valence-corrected chi connectivity index (χ3v) is 8.67. The van der Waals surface area contributed by atoms with Gasteiger partial charge in [0.05, 0.1) is 19.3 Å². The summed E-state index contributed by atoms with van der Waals surface area (Å²) in [5.41, 5.74) is 0.640. The first-order valence-electron chi connectivity index (χ1n) is 10.6. The lowest BCUT2D eigenvalue weighted by Crippen LogP contribution is -2.27. The van der Waals surface area contributed by atoms with E-state index in [0.717, 1.165) is 30.6 Å². The average Bonchev–Trinajstić information content (AvgIpc) is 3.45. The third kappa shape index (κ3) is 5.70. The summed E-state index contributed by atoms with van der Waals surface area (Å²) in [5.74, 6) is 0.493. The summed E-state index contributed by atoms with van der Waals surface area (Å²) in [6.45, 7) is 5.81. The molecule has 0 bridgehead atoms. The van der Waals surface area contributed by atoms with Gasteiger partial charge in [0.1, 0.15) is 4.21 Å². The first-order valence-corrected chi connectivity index (χ1v) is 12.8. The molecule has 0 saturated carbocycles. The smallest absolute Gasteiger partial charge is 0.337 e. The van der Waals surface area contributed by atoms with E-state index in [1.165, 1.54) is 23.6 Å². The summed E-state index contributed by atoms with van der Waals surface area (Å²) in [6, 6.07) is 8.25. The molecule has 1 fully saturated rings. The molecule has 1 aliphatic rings. The highest BCUT2D eigenvalue weighted by atomic mass is 32.2. The Labute approximate surface area is 193 Å². The molecule has 3 rings (SSSR count). The van der Waals surface area contributed by atoms with Crippen molar-refractivity contribution in [2.45, 2.75) is 37.3 Å². The van der Waals surface area contributed by atoms with Crippen LogP contribution in [0.5, 0.6) is 11.5 Å². The molecular formula is C23H29NO6S2. The second kappa shape index (κ2) is 10.5. The van der Waals surface area contributed by atoms with Gasteiger partial charge in [-0.05, 0) is 61.1 Å². The summed E-state index contributed by atoms with van der Waals surface area (Å²) < 4.78 is 38.4. The van der Waals surface area contributed by atoms with Gasteiger partial charge in [-0.25, -0.2) is 13.2 Å². The minimum absolute atomic E-state index is 0.0217.